The van der Waals surface area contributed by atoms with Gasteiger partial charge in [-0.3, -0.25) is 14.4 Å². The Hall–Kier alpha value is -2.11. The van der Waals surface area contributed by atoms with Crippen LogP contribution >= 0.6 is 0 Å². The minimum absolute atomic E-state index is 0.0713. The lowest BCUT2D eigenvalue weighted by Gasteiger charge is -2.18. The molecule has 0 heterocycles. The third kappa shape index (κ3) is 48.8. The van der Waals surface area contributed by atoms with Crippen LogP contribution in [-0.4, -0.2) is 37.2 Å². The van der Waals surface area contributed by atoms with Crippen molar-refractivity contribution in [1.82, 2.24) is 0 Å². The topological polar surface area (TPSA) is 78.9 Å². The molecule has 0 amide bonds. The highest BCUT2D eigenvalue weighted by Gasteiger charge is 2.19. The molecule has 6 heteroatoms. The second-order valence-electron chi connectivity index (χ2n) is 18.2. The van der Waals surface area contributed by atoms with Gasteiger partial charge in [0.2, 0.25) is 0 Å². The fourth-order valence-electron chi connectivity index (χ4n) is 7.91. The smallest absolute Gasteiger partial charge is 0.306 e. The van der Waals surface area contributed by atoms with Crippen LogP contribution in [0.15, 0.2) is 24.3 Å². The molecule has 0 aliphatic heterocycles. The van der Waals surface area contributed by atoms with Crippen molar-refractivity contribution in [3.05, 3.63) is 24.3 Å². The van der Waals surface area contributed by atoms with Gasteiger partial charge < -0.3 is 14.2 Å². The number of allylic oxidation sites excluding steroid dienone is 4. The first-order valence-corrected chi connectivity index (χ1v) is 26.9. The highest BCUT2D eigenvalue weighted by atomic mass is 16.6. The third-order valence-corrected chi connectivity index (χ3v) is 12.0. The molecule has 0 aromatic heterocycles. The minimum atomic E-state index is -0.771. The zero-order valence-electron chi connectivity index (χ0n) is 40.9. The van der Waals surface area contributed by atoms with Crippen LogP contribution in [0.2, 0.25) is 0 Å². The molecule has 0 aromatic carbocycles. The Morgan fingerprint density at radius 3 is 0.869 bits per heavy atom. The zero-order chi connectivity index (χ0) is 44.4. The molecule has 1 unspecified atom stereocenters. The van der Waals surface area contributed by atoms with Gasteiger partial charge >= 0.3 is 17.9 Å². The van der Waals surface area contributed by atoms with E-state index in [0.717, 1.165) is 77.0 Å². The fraction of sp³-hybridized carbons (Fsp3) is 0.873. The van der Waals surface area contributed by atoms with Gasteiger partial charge in [0, 0.05) is 19.3 Å². The van der Waals surface area contributed by atoms with Crippen molar-refractivity contribution >= 4 is 17.9 Å². The van der Waals surface area contributed by atoms with Crippen LogP contribution in [0.5, 0.6) is 0 Å². The highest BCUT2D eigenvalue weighted by Crippen LogP contribution is 2.16. The van der Waals surface area contributed by atoms with E-state index in [4.69, 9.17) is 14.2 Å². The lowest BCUT2D eigenvalue weighted by atomic mass is 10.0. The lowest BCUT2D eigenvalue weighted by molar-refractivity contribution is -0.167. The molecule has 0 aliphatic rings. The molecule has 61 heavy (non-hydrogen) atoms. The first-order chi connectivity index (χ1) is 30.0. The summed E-state index contributed by atoms with van der Waals surface area (Å²) >= 11 is 0. The highest BCUT2D eigenvalue weighted by molar-refractivity contribution is 5.71. The number of ether oxygens (including phenoxy) is 3. The van der Waals surface area contributed by atoms with Crippen LogP contribution in [0.3, 0.4) is 0 Å². The molecule has 0 spiro atoms. The summed E-state index contributed by atoms with van der Waals surface area (Å²) in [5.41, 5.74) is 0. The Kier molecular flexibility index (Phi) is 48.8. The van der Waals surface area contributed by atoms with E-state index in [2.05, 4.69) is 45.1 Å². The molecular formula is C55H102O6. The molecule has 0 N–H and O–H groups in total. The summed E-state index contributed by atoms with van der Waals surface area (Å²) < 4.78 is 16.8. The largest absolute Gasteiger partial charge is 0.462 e. The van der Waals surface area contributed by atoms with E-state index in [1.165, 1.54) is 173 Å². The number of hydrogen-bond acceptors (Lipinski definition) is 6. The predicted molar refractivity (Wildman–Crippen MR) is 261 cm³/mol. The standard InChI is InChI=1S/C55H102O6/c1-4-7-10-13-16-19-22-25-26-27-28-29-31-33-36-39-42-45-48-54(57)60-51-52(50-59-53(56)47-44-41-38-35-32-24-21-18-15-12-9-6-3)61-55(58)49-46-43-40-37-34-30-23-20-17-14-11-8-5-2/h26-29,52H,4-25,30-51H2,1-3H3/b27-26-,29-28-. The van der Waals surface area contributed by atoms with Crippen molar-refractivity contribution in [2.45, 2.75) is 297 Å². The van der Waals surface area contributed by atoms with Gasteiger partial charge in [-0.2, -0.15) is 0 Å². The van der Waals surface area contributed by atoms with Crippen molar-refractivity contribution in [3.8, 4) is 0 Å². The van der Waals surface area contributed by atoms with Gasteiger partial charge in [-0.15, -0.1) is 0 Å². The van der Waals surface area contributed by atoms with Crippen LogP contribution in [-0.2, 0) is 28.6 Å². The first-order valence-electron chi connectivity index (χ1n) is 26.9. The maximum Gasteiger partial charge on any atom is 0.306 e. The normalized spacial score (nSPS) is 12.1. The molecular weight excluding hydrogens is 757 g/mol. The van der Waals surface area contributed by atoms with Gasteiger partial charge in [0.25, 0.3) is 0 Å². The maximum absolute atomic E-state index is 12.8. The molecule has 0 rings (SSSR count). The Morgan fingerprint density at radius 2 is 0.574 bits per heavy atom. The molecule has 0 fully saturated rings. The van der Waals surface area contributed by atoms with E-state index in [1.54, 1.807) is 0 Å². The summed E-state index contributed by atoms with van der Waals surface area (Å²) in [6.45, 7) is 6.65. The molecule has 0 aliphatic carbocycles. The second-order valence-corrected chi connectivity index (χ2v) is 18.2. The van der Waals surface area contributed by atoms with E-state index in [1.807, 2.05) is 0 Å². The zero-order valence-corrected chi connectivity index (χ0v) is 40.9. The van der Waals surface area contributed by atoms with Crippen molar-refractivity contribution < 1.29 is 28.6 Å². The van der Waals surface area contributed by atoms with Crippen molar-refractivity contribution in [1.29, 1.82) is 0 Å². The molecule has 0 saturated heterocycles. The lowest BCUT2D eigenvalue weighted by Crippen LogP contribution is -2.30. The van der Waals surface area contributed by atoms with Crippen LogP contribution in [0.25, 0.3) is 0 Å². The van der Waals surface area contributed by atoms with E-state index in [9.17, 15) is 14.4 Å². The summed E-state index contributed by atoms with van der Waals surface area (Å²) in [7, 11) is 0. The molecule has 6 nitrogen and oxygen atoms in total. The number of carbonyl (C=O) groups is 3. The summed E-state index contributed by atoms with van der Waals surface area (Å²) in [5, 5.41) is 0. The van der Waals surface area contributed by atoms with E-state index >= 15 is 0 Å². The van der Waals surface area contributed by atoms with Gasteiger partial charge in [-0.1, -0.05) is 251 Å². The molecule has 0 bridgehead atoms. The monoisotopic (exact) mass is 859 g/mol. The van der Waals surface area contributed by atoms with E-state index in [0.29, 0.717) is 19.3 Å². The van der Waals surface area contributed by atoms with Gasteiger partial charge in [0.1, 0.15) is 13.2 Å². The maximum atomic E-state index is 12.8. The quantitative estimate of drug-likeness (QED) is 0.0262. The second kappa shape index (κ2) is 50.5. The van der Waals surface area contributed by atoms with Crippen LogP contribution < -0.4 is 0 Å². The Balaban J connectivity index is 4.34. The average molecular weight is 859 g/mol. The molecule has 1 atom stereocenters. The van der Waals surface area contributed by atoms with Crippen LogP contribution in [0.1, 0.15) is 290 Å². The van der Waals surface area contributed by atoms with E-state index in [-0.39, 0.29) is 31.1 Å². The number of hydrogen-bond donors (Lipinski definition) is 0. The molecule has 0 radical (unpaired) electrons. The molecule has 358 valence electrons. The van der Waals surface area contributed by atoms with Crippen molar-refractivity contribution in [2.24, 2.45) is 0 Å². The number of esters is 3. The van der Waals surface area contributed by atoms with Gasteiger partial charge in [0.15, 0.2) is 6.10 Å². The number of rotatable bonds is 49. The van der Waals surface area contributed by atoms with Crippen molar-refractivity contribution in [2.75, 3.05) is 13.2 Å². The molecule has 0 saturated carbocycles. The third-order valence-electron chi connectivity index (χ3n) is 12.0. The Labute approximate surface area is 379 Å². The van der Waals surface area contributed by atoms with E-state index < -0.39 is 6.10 Å². The Morgan fingerprint density at radius 1 is 0.328 bits per heavy atom. The number of carbonyl (C=O) groups excluding carboxylic acids is 3. The predicted octanol–water partition coefficient (Wildman–Crippen LogP) is 17.5. The van der Waals surface area contributed by atoms with Crippen LogP contribution in [0.4, 0.5) is 0 Å². The first kappa shape index (κ1) is 58.9. The summed E-state index contributed by atoms with van der Waals surface area (Å²) in [5.74, 6) is -0.872. The van der Waals surface area contributed by atoms with Gasteiger partial charge in [0.05, 0.1) is 0 Å². The number of unbranched alkanes of at least 4 members (excludes halogenated alkanes) is 35. The van der Waals surface area contributed by atoms with Crippen molar-refractivity contribution in [3.63, 3.8) is 0 Å². The Bertz CT molecular complexity index is 989. The SMILES string of the molecule is CCCCCCCCC/C=C\C=C/CCCCCCCC(=O)OCC(COC(=O)CCCCCCCCCCCCCC)OC(=O)CCCCCCCCCCCCCCC. The van der Waals surface area contributed by atoms with Gasteiger partial charge in [-0.25, -0.2) is 0 Å². The minimum Gasteiger partial charge on any atom is -0.462 e. The summed E-state index contributed by atoms with van der Waals surface area (Å²) in [6, 6.07) is 0. The molecule has 0 aromatic rings. The summed E-state index contributed by atoms with van der Waals surface area (Å²) in [4.78, 5) is 38.0. The van der Waals surface area contributed by atoms with Gasteiger partial charge in [-0.05, 0) is 44.9 Å². The van der Waals surface area contributed by atoms with Crippen LogP contribution in [0, 0.1) is 0 Å². The summed E-state index contributed by atoms with van der Waals surface area (Å²) in [6.07, 6.45) is 57.3. The average Bonchev–Trinajstić information content (AvgIpc) is 3.26. The fourth-order valence-corrected chi connectivity index (χ4v) is 7.91.